The highest BCUT2D eigenvalue weighted by atomic mass is 16.2. The van der Waals surface area contributed by atoms with Crippen molar-refractivity contribution in [2.45, 2.75) is 19.8 Å². The lowest BCUT2D eigenvalue weighted by atomic mass is 9.85. The molecule has 4 nitrogen and oxygen atoms in total. The van der Waals surface area contributed by atoms with Crippen LogP contribution in [-0.4, -0.2) is 23.0 Å². The molecule has 2 amide bonds. The standard InChI is InChI=1S/C27H22N2O2/c1-15-16-6-2-4-8-18(16)20(19-9-5-3-7-17(15)19)14-28-29-25(30)23-21-10-11-22(24(23)26(29)31)27(21)12-13-27/h2-11,14,21-24H,12-13H2,1H3/b28-14-/t21-,22-,23-,24-/m1/s1. The normalized spacial score (nSPS) is 29.9. The van der Waals surface area contributed by atoms with Gasteiger partial charge in [-0.15, -0.1) is 0 Å². The zero-order valence-electron chi connectivity index (χ0n) is 17.3. The van der Waals surface area contributed by atoms with Crippen LogP contribution in [0.5, 0.6) is 0 Å². The Bertz CT molecular complexity index is 1290. The molecule has 3 fully saturated rings. The molecule has 1 spiro atoms. The summed E-state index contributed by atoms with van der Waals surface area (Å²) in [6, 6.07) is 16.5. The molecule has 4 atom stereocenters. The van der Waals surface area contributed by atoms with E-state index >= 15 is 0 Å². The van der Waals surface area contributed by atoms with E-state index in [1.165, 1.54) is 10.6 Å². The Labute approximate surface area is 180 Å². The first-order chi connectivity index (χ1) is 15.1. The molecule has 4 aliphatic rings. The maximum atomic E-state index is 13.3. The number of amides is 2. The minimum Gasteiger partial charge on any atom is -0.272 e. The Hall–Kier alpha value is -3.27. The van der Waals surface area contributed by atoms with Crippen LogP contribution < -0.4 is 0 Å². The van der Waals surface area contributed by atoms with E-state index in [9.17, 15) is 9.59 Å². The summed E-state index contributed by atoms with van der Waals surface area (Å²) in [7, 11) is 0. The van der Waals surface area contributed by atoms with Crippen molar-refractivity contribution in [3.05, 3.63) is 71.8 Å². The SMILES string of the molecule is Cc1c2ccccc2c(/C=N\N2C(=O)[C@H]3[C@H](C2=O)[C@H]2C=C[C@H]3C23CC3)c2ccccc12. The fourth-order valence-electron chi connectivity index (χ4n) is 6.81. The zero-order chi connectivity index (χ0) is 20.9. The highest BCUT2D eigenvalue weighted by molar-refractivity contribution is 6.16. The molecular weight excluding hydrogens is 384 g/mol. The van der Waals surface area contributed by atoms with Gasteiger partial charge in [0.05, 0.1) is 18.1 Å². The van der Waals surface area contributed by atoms with E-state index in [1.54, 1.807) is 6.21 Å². The second-order valence-corrected chi connectivity index (χ2v) is 9.58. The summed E-state index contributed by atoms with van der Waals surface area (Å²) >= 11 is 0. The van der Waals surface area contributed by atoms with E-state index in [2.05, 4.69) is 48.4 Å². The first-order valence-corrected chi connectivity index (χ1v) is 11.1. The average molecular weight is 406 g/mol. The van der Waals surface area contributed by atoms with E-state index in [1.807, 2.05) is 24.3 Å². The van der Waals surface area contributed by atoms with Gasteiger partial charge in [0.2, 0.25) is 0 Å². The molecule has 4 heteroatoms. The lowest BCUT2D eigenvalue weighted by Gasteiger charge is -2.19. The lowest BCUT2D eigenvalue weighted by Crippen LogP contribution is -2.30. The Morgan fingerprint density at radius 3 is 1.81 bits per heavy atom. The predicted molar refractivity (Wildman–Crippen MR) is 120 cm³/mol. The fraction of sp³-hybridized carbons (Fsp3) is 0.296. The minimum absolute atomic E-state index is 0.116. The maximum absolute atomic E-state index is 13.3. The summed E-state index contributed by atoms with van der Waals surface area (Å²) in [5, 5.41) is 10.2. The molecule has 2 saturated carbocycles. The van der Waals surface area contributed by atoms with Crippen LogP contribution in [0.2, 0.25) is 0 Å². The van der Waals surface area contributed by atoms with Gasteiger partial charge >= 0.3 is 0 Å². The summed E-state index contributed by atoms with van der Waals surface area (Å²) in [5.41, 5.74) is 2.39. The van der Waals surface area contributed by atoms with E-state index < -0.39 is 0 Å². The molecule has 7 rings (SSSR count). The molecule has 3 aromatic carbocycles. The number of aryl methyl sites for hydroxylation is 1. The van der Waals surface area contributed by atoms with Crippen molar-refractivity contribution in [2.24, 2.45) is 34.2 Å². The Morgan fingerprint density at radius 1 is 0.839 bits per heavy atom. The van der Waals surface area contributed by atoms with Gasteiger partial charge in [-0.2, -0.15) is 10.1 Å². The number of nitrogens with zero attached hydrogens (tertiary/aromatic N) is 2. The van der Waals surface area contributed by atoms with Crippen LogP contribution in [0.15, 0.2) is 65.8 Å². The zero-order valence-corrected chi connectivity index (χ0v) is 17.3. The summed E-state index contributed by atoms with van der Waals surface area (Å²) < 4.78 is 0. The third-order valence-corrected chi connectivity index (χ3v) is 8.37. The quantitative estimate of drug-likeness (QED) is 0.265. The number of allylic oxidation sites excluding steroid dienone is 2. The fourth-order valence-corrected chi connectivity index (χ4v) is 6.81. The number of hydrogen-bond acceptors (Lipinski definition) is 3. The van der Waals surface area contributed by atoms with Gasteiger partial charge in [0, 0.05) is 5.56 Å². The highest BCUT2D eigenvalue weighted by Crippen LogP contribution is 2.73. The molecule has 31 heavy (non-hydrogen) atoms. The second-order valence-electron chi connectivity index (χ2n) is 9.58. The summed E-state index contributed by atoms with van der Waals surface area (Å²) in [6.45, 7) is 2.14. The maximum Gasteiger partial charge on any atom is 0.254 e. The van der Waals surface area contributed by atoms with Crippen LogP contribution >= 0.6 is 0 Å². The van der Waals surface area contributed by atoms with Crippen molar-refractivity contribution < 1.29 is 9.59 Å². The number of carbonyl (C=O) groups excluding carboxylic acids is 2. The molecule has 1 aliphatic heterocycles. The third-order valence-electron chi connectivity index (χ3n) is 8.37. The van der Waals surface area contributed by atoms with Crippen LogP contribution in [0, 0.1) is 36.0 Å². The molecule has 152 valence electrons. The first-order valence-electron chi connectivity index (χ1n) is 11.1. The van der Waals surface area contributed by atoms with Crippen LogP contribution in [0.25, 0.3) is 21.5 Å². The second kappa shape index (κ2) is 5.70. The predicted octanol–water partition coefficient (Wildman–Crippen LogP) is 4.83. The summed E-state index contributed by atoms with van der Waals surface area (Å²) in [6.07, 6.45) is 8.40. The summed E-state index contributed by atoms with van der Waals surface area (Å²) in [4.78, 5) is 26.5. The largest absolute Gasteiger partial charge is 0.272 e. The van der Waals surface area contributed by atoms with E-state index in [0.29, 0.717) is 0 Å². The average Bonchev–Trinajstić information content (AvgIpc) is 3.40. The van der Waals surface area contributed by atoms with Crippen molar-refractivity contribution in [3.63, 3.8) is 0 Å². The van der Waals surface area contributed by atoms with Crippen molar-refractivity contribution in [1.82, 2.24) is 5.01 Å². The molecule has 2 bridgehead atoms. The van der Waals surface area contributed by atoms with E-state index in [0.717, 1.165) is 39.9 Å². The minimum atomic E-state index is -0.214. The van der Waals surface area contributed by atoms with Gasteiger partial charge < -0.3 is 0 Å². The van der Waals surface area contributed by atoms with E-state index in [-0.39, 0.29) is 40.9 Å². The van der Waals surface area contributed by atoms with Crippen LogP contribution in [-0.2, 0) is 9.59 Å². The summed E-state index contributed by atoms with van der Waals surface area (Å²) in [5.74, 6) is -0.215. The van der Waals surface area contributed by atoms with Crippen molar-refractivity contribution in [3.8, 4) is 0 Å². The number of benzene rings is 3. The molecular formula is C27H22N2O2. The molecule has 0 unspecified atom stereocenters. The number of hydrazone groups is 1. The first kappa shape index (κ1) is 17.4. The number of carbonyl (C=O) groups is 2. The van der Waals surface area contributed by atoms with Crippen LogP contribution in [0.3, 0.4) is 0 Å². The van der Waals surface area contributed by atoms with Gasteiger partial charge in [-0.1, -0.05) is 60.7 Å². The number of fused-ring (bicyclic) bond motifs is 5. The molecule has 1 heterocycles. The van der Waals surface area contributed by atoms with Gasteiger partial charge in [-0.3, -0.25) is 9.59 Å². The van der Waals surface area contributed by atoms with Gasteiger partial charge in [0.25, 0.3) is 11.8 Å². The molecule has 0 radical (unpaired) electrons. The number of imide groups is 1. The number of hydrogen-bond donors (Lipinski definition) is 0. The van der Waals surface area contributed by atoms with Gasteiger partial charge in [0.1, 0.15) is 0 Å². The lowest BCUT2D eigenvalue weighted by molar-refractivity contribution is -0.141. The van der Waals surface area contributed by atoms with Gasteiger partial charge in [-0.25, -0.2) is 0 Å². The van der Waals surface area contributed by atoms with Crippen molar-refractivity contribution in [1.29, 1.82) is 0 Å². The topological polar surface area (TPSA) is 49.7 Å². The van der Waals surface area contributed by atoms with Crippen LogP contribution in [0.4, 0.5) is 0 Å². The molecule has 0 N–H and O–H groups in total. The third kappa shape index (κ3) is 2.03. The molecule has 3 aromatic rings. The van der Waals surface area contributed by atoms with Crippen molar-refractivity contribution >= 4 is 39.6 Å². The highest BCUT2D eigenvalue weighted by Gasteiger charge is 2.73. The molecule has 1 saturated heterocycles. The Balaban J connectivity index is 1.34. The van der Waals surface area contributed by atoms with Crippen molar-refractivity contribution in [2.75, 3.05) is 0 Å². The molecule has 3 aliphatic carbocycles. The Kier molecular flexibility index (Phi) is 3.20. The number of rotatable bonds is 2. The van der Waals surface area contributed by atoms with Crippen LogP contribution in [0.1, 0.15) is 24.0 Å². The van der Waals surface area contributed by atoms with Gasteiger partial charge in [-0.05, 0) is 64.1 Å². The molecule has 0 aromatic heterocycles. The Morgan fingerprint density at radius 2 is 1.32 bits per heavy atom. The van der Waals surface area contributed by atoms with E-state index in [4.69, 9.17) is 0 Å². The monoisotopic (exact) mass is 406 g/mol. The van der Waals surface area contributed by atoms with Gasteiger partial charge in [0.15, 0.2) is 0 Å². The smallest absolute Gasteiger partial charge is 0.254 e.